The second-order valence-corrected chi connectivity index (χ2v) is 3.79. The average molecular weight is 208 g/mol. The van der Waals surface area contributed by atoms with Gasteiger partial charge in [0, 0.05) is 5.82 Å². The number of hydrogen-bond acceptors (Lipinski definition) is 1. The Kier molecular flexibility index (Phi) is 5.81. The molecule has 0 saturated heterocycles. The topological polar surface area (TPSA) is 57.5 Å². The van der Waals surface area contributed by atoms with Crippen LogP contribution >= 0.6 is 7.60 Å². The molecule has 0 amide bonds. The van der Waals surface area contributed by atoms with E-state index in [-0.39, 0.29) is 31.0 Å². The first-order valence-electron chi connectivity index (χ1n) is 3.37. The van der Waals surface area contributed by atoms with E-state index in [1.54, 1.807) is 24.3 Å². The van der Waals surface area contributed by atoms with Gasteiger partial charge in [-0.05, 0) is 11.6 Å². The molecule has 13 heavy (non-hydrogen) atoms. The number of benzene rings is 1. The van der Waals surface area contributed by atoms with Crippen molar-refractivity contribution in [2.24, 2.45) is 0 Å². The van der Waals surface area contributed by atoms with Crippen molar-refractivity contribution in [3.63, 3.8) is 0 Å². The molecular formula is C8H10NaO3P. The van der Waals surface area contributed by atoms with E-state index in [1.807, 2.05) is 6.07 Å². The predicted octanol–water partition coefficient (Wildman–Crippen LogP) is -1.05. The fourth-order valence-electron chi connectivity index (χ4n) is 0.747. The molecule has 0 fully saturated rings. The van der Waals surface area contributed by atoms with E-state index in [4.69, 9.17) is 9.79 Å². The van der Waals surface area contributed by atoms with Crippen molar-refractivity contribution >= 4 is 13.7 Å². The quantitative estimate of drug-likeness (QED) is 0.481. The third kappa shape index (κ3) is 6.22. The van der Waals surface area contributed by atoms with E-state index >= 15 is 0 Å². The summed E-state index contributed by atoms with van der Waals surface area (Å²) in [4.78, 5) is 17.0. The molecule has 0 bridgehead atoms. The molecule has 1 rings (SSSR count). The molecule has 0 aliphatic carbocycles. The Hall–Kier alpha value is 0.110. The molecule has 1 aromatic rings. The van der Waals surface area contributed by atoms with Crippen molar-refractivity contribution in [3.05, 3.63) is 41.7 Å². The van der Waals surface area contributed by atoms with Gasteiger partial charge in [-0.15, -0.1) is 0 Å². The van der Waals surface area contributed by atoms with Crippen LogP contribution in [0.2, 0.25) is 0 Å². The van der Waals surface area contributed by atoms with Crippen LogP contribution in [0, 0.1) is 0 Å². The van der Waals surface area contributed by atoms with Crippen LogP contribution in [0.15, 0.2) is 36.1 Å². The van der Waals surface area contributed by atoms with Gasteiger partial charge in [0.1, 0.15) is 0 Å². The molecule has 3 nitrogen and oxygen atoms in total. The normalized spacial score (nSPS) is 11.2. The summed E-state index contributed by atoms with van der Waals surface area (Å²) in [5.74, 6) is 0.891. The second kappa shape index (κ2) is 5.76. The fourth-order valence-corrected chi connectivity index (χ4v) is 1.11. The van der Waals surface area contributed by atoms with Crippen molar-refractivity contribution in [1.82, 2.24) is 0 Å². The summed E-state index contributed by atoms with van der Waals surface area (Å²) in [6.45, 7) is 0. The summed E-state index contributed by atoms with van der Waals surface area (Å²) in [7, 11) is -4.01. The third-order valence-electron chi connectivity index (χ3n) is 1.26. The van der Waals surface area contributed by atoms with Crippen molar-refractivity contribution in [2.75, 3.05) is 0 Å². The first-order chi connectivity index (χ1) is 5.58. The van der Waals surface area contributed by atoms with Gasteiger partial charge >= 0.3 is 37.2 Å². The minimum atomic E-state index is -4.01. The summed E-state index contributed by atoms with van der Waals surface area (Å²) >= 11 is 0. The number of hydrogen-bond donors (Lipinski definition) is 2. The summed E-state index contributed by atoms with van der Waals surface area (Å²) in [5.41, 5.74) is 0.779. The summed E-state index contributed by atoms with van der Waals surface area (Å²) in [5, 5.41) is 0. The van der Waals surface area contributed by atoms with Crippen molar-refractivity contribution < 1.29 is 45.3 Å². The van der Waals surface area contributed by atoms with Crippen LogP contribution in [0.25, 0.3) is 6.08 Å². The Bertz CT molecular complexity index is 323. The Balaban J connectivity index is 0. The Labute approximate surface area is 100 Å². The van der Waals surface area contributed by atoms with Crippen LogP contribution in [-0.2, 0) is 4.57 Å². The minimum absolute atomic E-state index is 0. The zero-order valence-corrected chi connectivity index (χ0v) is 10.2. The Morgan fingerprint density at radius 3 is 2.23 bits per heavy atom. The molecule has 1 aromatic carbocycles. The molecule has 2 N–H and O–H groups in total. The molecular weight excluding hydrogens is 198 g/mol. The molecule has 0 unspecified atom stereocenters. The molecule has 0 saturated carbocycles. The van der Waals surface area contributed by atoms with Gasteiger partial charge in [0.05, 0.1) is 0 Å². The van der Waals surface area contributed by atoms with Crippen LogP contribution in [0.5, 0.6) is 0 Å². The smallest absolute Gasteiger partial charge is 1.00 e. The molecule has 0 atom stereocenters. The van der Waals surface area contributed by atoms with Gasteiger partial charge in [-0.2, -0.15) is 0 Å². The average Bonchev–Trinajstić information content (AvgIpc) is 2.02. The summed E-state index contributed by atoms with van der Waals surface area (Å²) in [6.07, 6.45) is 1.40. The van der Waals surface area contributed by atoms with Gasteiger partial charge in [-0.1, -0.05) is 30.3 Å². The largest absolute Gasteiger partial charge is 1.00 e. The van der Waals surface area contributed by atoms with E-state index in [2.05, 4.69) is 0 Å². The monoisotopic (exact) mass is 208 g/mol. The Morgan fingerprint density at radius 1 is 1.23 bits per heavy atom. The molecule has 0 aliphatic heterocycles. The molecule has 0 aromatic heterocycles. The summed E-state index contributed by atoms with van der Waals surface area (Å²) in [6, 6.07) is 8.99. The van der Waals surface area contributed by atoms with Crippen LogP contribution < -0.4 is 29.6 Å². The van der Waals surface area contributed by atoms with Gasteiger partial charge in [0.2, 0.25) is 0 Å². The predicted molar refractivity (Wildman–Crippen MR) is 48.6 cm³/mol. The SMILES string of the molecule is O=P(O)(O)C=Cc1ccccc1.[H-].[Na+]. The van der Waals surface area contributed by atoms with Crippen LogP contribution in [-0.4, -0.2) is 9.79 Å². The second-order valence-electron chi connectivity index (χ2n) is 2.32. The van der Waals surface area contributed by atoms with E-state index in [1.165, 1.54) is 6.08 Å². The van der Waals surface area contributed by atoms with E-state index in [0.717, 1.165) is 11.4 Å². The maximum absolute atomic E-state index is 10.4. The first kappa shape index (κ1) is 13.1. The van der Waals surface area contributed by atoms with Crippen molar-refractivity contribution in [3.8, 4) is 0 Å². The van der Waals surface area contributed by atoms with Gasteiger partial charge in [-0.3, -0.25) is 4.57 Å². The summed E-state index contributed by atoms with van der Waals surface area (Å²) < 4.78 is 10.4. The van der Waals surface area contributed by atoms with Crippen molar-refractivity contribution in [1.29, 1.82) is 0 Å². The van der Waals surface area contributed by atoms with E-state index in [0.29, 0.717) is 0 Å². The van der Waals surface area contributed by atoms with Crippen LogP contribution in [0.3, 0.4) is 0 Å². The zero-order valence-electron chi connectivity index (χ0n) is 8.29. The van der Waals surface area contributed by atoms with E-state index < -0.39 is 7.60 Å². The van der Waals surface area contributed by atoms with Gasteiger partial charge in [-0.25, -0.2) is 0 Å². The molecule has 0 spiro atoms. The standard InChI is InChI=1S/C8H9O3P.Na.H/c9-12(10,11)7-6-8-4-2-1-3-5-8;;/h1-7H,(H2,9,10,11);;/q;+1;-1. The minimum Gasteiger partial charge on any atom is -1.00 e. The van der Waals surface area contributed by atoms with Crippen LogP contribution in [0.1, 0.15) is 6.99 Å². The molecule has 0 radical (unpaired) electrons. The zero-order chi connectivity index (χ0) is 9.03. The first-order valence-corrected chi connectivity index (χ1v) is 5.06. The van der Waals surface area contributed by atoms with Gasteiger partial charge in [0.25, 0.3) is 0 Å². The van der Waals surface area contributed by atoms with Crippen molar-refractivity contribution in [2.45, 2.75) is 0 Å². The maximum Gasteiger partial charge on any atom is 1.00 e. The molecule has 0 aliphatic rings. The molecule has 0 heterocycles. The fraction of sp³-hybridized carbons (Fsp3) is 0. The van der Waals surface area contributed by atoms with Crippen LogP contribution in [0.4, 0.5) is 0 Å². The number of rotatable bonds is 2. The molecule has 66 valence electrons. The third-order valence-corrected chi connectivity index (χ3v) is 1.80. The Morgan fingerprint density at radius 2 is 1.77 bits per heavy atom. The van der Waals surface area contributed by atoms with Gasteiger partial charge in [0.15, 0.2) is 0 Å². The van der Waals surface area contributed by atoms with Gasteiger partial charge < -0.3 is 11.2 Å². The maximum atomic E-state index is 10.4. The molecule has 5 heteroatoms. The van der Waals surface area contributed by atoms with E-state index in [9.17, 15) is 4.57 Å².